The van der Waals surface area contributed by atoms with Gasteiger partial charge in [0, 0.05) is 19.2 Å². The highest BCUT2D eigenvalue weighted by molar-refractivity contribution is 6.04. The molecule has 154 valence electrons. The number of amides is 1. The van der Waals surface area contributed by atoms with Crippen molar-refractivity contribution in [3.05, 3.63) is 57.4 Å². The van der Waals surface area contributed by atoms with Crippen LogP contribution in [0.5, 0.6) is 11.5 Å². The number of benzene rings is 2. The number of nitrogens with zero attached hydrogens (tertiary/aromatic N) is 1. The second kappa shape index (κ2) is 8.76. The number of carbonyl (C=O) groups excluding carboxylic acids is 1. The first kappa shape index (κ1) is 20.4. The summed E-state index contributed by atoms with van der Waals surface area (Å²) in [5, 5.41) is 17.2. The van der Waals surface area contributed by atoms with E-state index in [0.717, 1.165) is 12.8 Å². The Bertz CT molecular complexity index is 931. The van der Waals surface area contributed by atoms with Gasteiger partial charge in [0.2, 0.25) is 0 Å². The van der Waals surface area contributed by atoms with Crippen LogP contribution in [-0.2, 0) is 6.54 Å². The molecule has 1 amide bonds. The molecular formula is C20H22FN3O5. The zero-order chi connectivity index (χ0) is 21.0. The number of ether oxygens (including phenoxy) is 2. The van der Waals surface area contributed by atoms with Crippen molar-refractivity contribution in [1.82, 2.24) is 5.32 Å². The van der Waals surface area contributed by atoms with Crippen LogP contribution in [-0.4, -0.2) is 31.6 Å². The van der Waals surface area contributed by atoms with Gasteiger partial charge in [-0.15, -0.1) is 0 Å². The summed E-state index contributed by atoms with van der Waals surface area (Å²) in [5.74, 6) is -0.336. The van der Waals surface area contributed by atoms with E-state index in [0.29, 0.717) is 18.0 Å². The Morgan fingerprint density at radius 2 is 1.90 bits per heavy atom. The van der Waals surface area contributed by atoms with E-state index in [4.69, 9.17) is 9.47 Å². The zero-order valence-electron chi connectivity index (χ0n) is 16.2. The minimum absolute atomic E-state index is 0.0354. The van der Waals surface area contributed by atoms with E-state index in [9.17, 15) is 19.3 Å². The number of methoxy groups -OCH3 is 2. The summed E-state index contributed by atoms with van der Waals surface area (Å²) in [4.78, 5) is 23.8. The molecule has 1 aliphatic carbocycles. The monoisotopic (exact) mass is 403 g/mol. The molecule has 1 aliphatic rings. The molecule has 3 rings (SSSR count). The number of hydrogen-bond donors (Lipinski definition) is 2. The van der Waals surface area contributed by atoms with E-state index in [2.05, 4.69) is 10.6 Å². The Labute approximate surface area is 167 Å². The summed E-state index contributed by atoms with van der Waals surface area (Å²) in [6.07, 6.45) is 2.10. The summed E-state index contributed by atoms with van der Waals surface area (Å²) >= 11 is 0. The van der Waals surface area contributed by atoms with Crippen LogP contribution in [0.25, 0.3) is 0 Å². The molecule has 1 fully saturated rings. The number of carbonyl (C=O) groups is 1. The smallest absolute Gasteiger partial charge is 0.293 e. The largest absolute Gasteiger partial charge is 0.496 e. The normalized spacial score (nSPS) is 12.9. The predicted molar refractivity (Wildman–Crippen MR) is 105 cm³/mol. The zero-order valence-corrected chi connectivity index (χ0v) is 16.2. The third-order valence-electron chi connectivity index (χ3n) is 4.72. The van der Waals surface area contributed by atoms with Crippen LogP contribution in [0.1, 0.15) is 28.8 Å². The van der Waals surface area contributed by atoms with E-state index in [1.807, 2.05) is 0 Å². The molecule has 0 radical (unpaired) electrons. The van der Waals surface area contributed by atoms with Crippen molar-refractivity contribution in [1.29, 1.82) is 0 Å². The van der Waals surface area contributed by atoms with Crippen molar-refractivity contribution in [3.8, 4) is 11.5 Å². The summed E-state index contributed by atoms with van der Waals surface area (Å²) in [6.45, 7) is 0.575. The van der Waals surface area contributed by atoms with Gasteiger partial charge in [-0.05, 0) is 42.5 Å². The Balaban J connectivity index is 1.86. The Morgan fingerprint density at radius 1 is 1.21 bits per heavy atom. The first-order valence-corrected chi connectivity index (χ1v) is 9.14. The van der Waals surface area contributed by atoms with Crippen LogP contribution in [0.15, 0.2) is 30.3 Å². The molecule has 2 N–H and O–H groups in total. The number of halogens is 1. The van der Waals surface area contributed by atoms with E-state index >= 15 is 0 Å². The first-order chi connectivity index (χ1) is 13.9. The van der Waals surface area contributed by atoms with E-state index in [1.54, 1.807) is 6.07 Å². The molecule has 0 atom stereocenters. The minimum atomic E-state index is -0.555. The number of rotatable bonds is 9. The third-order valence-corrected chi connectivity index (χ3v) is 4.72. The Kier molecular flexibility index (Phi) is 6.16. The molecule has 0 aliphatic heterocycles. The number of nitro groups is 1. The highest BCUT2D eigenvalue weighted by Gasteiger charge is 2.28. The summed E-state index contributed by atoms with van der Waals surface area (Å²) < 4.78 is 24.0. The van der Waals surface area contributed by atoms with Gasteiger partial charge >= 0.3 is 0 Å². The highest BCUT2D eigenvalue weighted by atomic mass is 19.1. The van der Waals surface area contributed by atoms with E-state index in [1.165, 1.54) is 38.5 Å². The second-order valence-electron chi connectivity index (χ2n) is 6.77. The molecule has 8 nitrogen and oxygen atoms in total. The second-order valence-corrected chi connectivity index (χ2v) is 6.77. The SMILES string of the molecule is COc1ccc(CNC(=O)c2c(OC)ccc([N+](=O)[O-])c2NCC2CC2)cc1F. The molecule has 2 aromatic rings. The molecular weight excluding hydrogens is 381 g/mol. The lowest BCUT2D eigenvalue weighted by atomic mass is 10.1. The van der Waals surface area contributed by atoms with Gasteiger partial charge in [-0.25, -0.2) is 4.39 Å². The Morgan fingerprint density at radius 3 is 2.48 bits per heavy atom. The molecule has 0 aromatic heterocycles. The number of anilines is 1. The van der Waals surface area contributed by atoms with Gasteiger partial charge in [0.05, 0.1) is 19.1 Å². The minimum Gasteiger partial charge on any atom is -0.496 e. The van der Waals surface area contributed by atoms with Crippen molar-refractivity contribution in [3.63, 3.8) is 0 Å². The quantitative estimate of drug-likeness (QED) is 0.491. The molecule has 2 aromatic carbocycles. The van der Waals surface area contributed by atoms with Gasteiger partial charge in [-0.1, -0.05) is 6.07 Å². The van der Waals surface area contributed by atoms with Gasteiger partial charge in [-0.3, -0.25) is 14.9 Å². The molecule has 29 heavy (non-hydrogen) atoms. The molecule has 1 saturated carbocycles. The van der Waals surface area contributed by atoms with Crippen LogP contribution in [0.3, 0.4) is 0 Å². The van der Waals surface area contributed by atoms with Gasteiger partial charge in [0.1, 0.15) is 17.0 Å². The highest BCUT2D eigenvalue weighted by Crippen LogP contribution is 2.37. The maximum absolute atomic E-state index is 13.9. The van der Waals surface area contributed by atoms with Crippen molar-refractivity contribution in [2.45, 2.75) is 19.4 Å². The first-order valence-electron chi connectivity index (χ1n) is 9.14. The van der Waals surface area contributed by atoms with Crippen LogP contribution in [0.4, 0.5) is 15.8 Å². The molecule has 9 heteroatoms. The van der Waals surface area contributed by atoms with Crippen molar-refractivity contribution in [2.24, 2.45) is 5.92 Å². The summed E-state index contributed by atoms with van der Waals surface area (Å²) in [7, 11) is 2.76. The van der Waals surface area contributed by atoms with E-state index in [-0.39, 0.29) is 35.0 Å². The van der Waals surface area contributed by atoms with Crippen LogP contribution >= 0.6 is 0 Å². The van der Waals surface area contributed by atoms with Gasteiger partial charge in [0.15, 0.2) is 11.6 Å². The van der Waals surface area contributed by atoms with Crippen LogP contribution in [0, 0.1) is 21.8 Å². The van der Waals surface area contributed by atoms with Crippen LogP contribution in [0.2, 0.25) is 0 Å². The van der Waals surface area contributed by atoms with Gasteiger partial charge < -0.3 is 20.1 Å². The standard InChI is InChI=1S/C20H22FN3O5/c1-28-16-7-5-13(9-14(16)21)11-23-20(25)18-17(29-2)8-6-15(24(26)27)19(18)22-10-12-3-4-12/h5-9,12,22H,3-4,10-11H2,1-2H3,(H,23,25). The lowest BCUT2D eigenvalue weighted by molar-refractivity contribution is -0.384. The summed E-state index contributed by atoms with van der Waals surface area (Å²) in [6, 6.07) is 7.05. The predicted octanol–water partition coefficient (Wildman–Crippen LogP) is 3.50. The van der Waals surface area contributed by atoms with Crippen molar-refractivity contribution < 1.29 is 23.6 Å². The van der Waals surface area contributed by atoms with Gasteiger partial charge in [-0.2, -0.15) is 0 Å². The van der Waals surface area contributed by atoms with E-state index < -0.39 is 16.6 Å². The number of nitro benzene ring substituents is 1. The average Bonchev–Trinajstić information content (AvgIpc) is 3.54. The maximum Gasteiger partial charge on any atom is 0.293 e. The van der Waals surface area contributed by atoms with Crippen molar-refractivity contribution in [2.75, 3.05) is 26.1 Å². The molecule has 0 bridgehead atoms. The van der Waals surface area contributed by atoms with Crippen LogP contribution < -0.4 is 20.1 Å². The number of hydrogen-bond acceptors (Lipinski definition) is 6. The molecule has 0 saturated heterocycles. The van der Waals surface area contributed by atoms with Gasteiger partial charge in [0.25, 0.3) is 11.6 Å². The third kappa shape index (κ3) is 4.74. The summed E-state index contributed by atoms with van der Waals surface area (Å²) in [5.41, 5.74) is 0.497. The number of nitrogens with one attached hydrogen (secondary N) is 2. The fourth-order valence-corrected chi connectivity index (χ4v) is 2.96. The van der Waals surface area contributed by atoms with Crippen molar-refractivity contribution >= 4 is 17.3 Å². The topological polar surface area (TPSA) is 103 Å². The fraction of sp³-hybridized carbons (Fsp3) is 0.350. The lowest BCUT2D eigenvalue weighted by Crippen LogP contribution is -2.25. The molecule has 0 spiro atoms. The molecule has 0 unspecified atom stereocenters. The fourth-order valence-electron chi connectivity index (χ4n) is 2.96. The maximum atomic E-state index is 13.9. The Hall–Kier alpha value is -3.36. The average molecular weight is 403 g/mol. The molecule has 0 heterocycles. The lowest BCUT2D eigenvalue weighted by Gasteiger charge is -2.16.